The molecule has 2 aromatic carbocycles. The molecule has 6 nitrogen and oxygen atoms in total. The van der Waals surface area contributed by atoms with E-state index in [0.29, 0.717) is 11.4 Å². The van der Waals surface area contributed by atoms with Crippen LogP contribution in [0.25, 0.3) is 0 Å². The quantitative estimate of drug-likeness (QED) is 0.895. The van der Waals surface area contributed by atoms with Gasteiger partial charge in [-0.25, -0.2) is 13.1 Å². The molecular formula is C16H16N2O4S. The second kappa shape index (κ2) is 6.02. The van der Waals surface area contributed by atoms with Gasteiger partial charge in [0.2, 0.25) is 10.0 Å². The summed E-state index contributed by atoms with van der Waals surface area (Å²) in [6.07, 6.45) is -0.596. The first-order valence-electron chi connectivity index (χ1n) is 7.11. The van der Waals surface area contributed by atoms with Crippen molar-refractivity contribution >= 4 is 21.6 Å². The first-order valence-corrected chi connectivity index (χ1v) is 8.59. The summed E-state index contributed by atoms with van der Waals surface area (Å²) >= 11 is 0. The third-order valence-corrected chi connectivity index (χ3v) is 4.90. The number of benzene rings is 2. The van der Waals surface area contributed by atoms with Crippen molar-refractivity contribution < 1.29 is 17.9 Å². The summed E-state index contributed by atoms with van der Waals surface area (Å²) in [5, 5.41) is 2.64. The fraction of sp³-hybridized carbons (Fsp3) is 0.188. The highest BCUT2D eigenvalue weighted by molar-refractivity contribution is 7.89. The van der Waals surface area contributed by atoms with Crippen molar-refractivity contribution in [2.45, 2.75) is 24.5 Å². The lowest BCUT2D eigenvalue weighted by atomic mass is 10.2. The number of rotatable bonds is 4. The zero-order valence-corrected chi connectivity index (χ0v) is 13.3. The van der Waals surface area contributed by atoms with Gasteiger partial charge < -0.3 is 10.1 Å². The Kier molecular flexibility index (Phi) is 4.06. The average Bonchev–Trinajstić information content (AvgIpc) is 2.55. The minimum Gasteiger partial charge on any atom is -0.479 e. The number of sulfonamides is 1. The zero-order chi connectivity index (χ0) is 16.4. The molecule has 2 N–H and O–H groups in total. The fourth-order valence-electron chi connectivity index (χ4n) is 2.21. The predicted octanol–water partition coefficient (Wildman–Crippen LogP) is 1.88. The minimum atomic E-state index is -3.68. The van der Waals surface area contributed by atoms with Crippen LogP contribution < -0.4 is 14.8 Å². The molecule has 1 aliphatic heterocycles. The Labute approximate surface area is 134 Å². The van der Waals surface area contributed by atoms with Gasteiger partial charge >= 0.3 is 0 Å². The maximum atomic E-state index is 12.4. The number of fused-ring (bicyclic) bond motifs is 1. The SMILES string of the molecule is C[C@H]1Oc2ccc(S(=O)(=O)NCc3ccccc3)cc2NC1=O. The Morgan fingerprint density at radius 2 is 1.91 bits per heavy atom. The molecule has 0 unspecified atom stereocenters. The van der Waals surface area contributed by atoms with Crippen molar-refractivity contribution in [3.05, 3.63) is 54.1 Å². The van der Waals surface area contributed by atoms with Crippen molar-refractivity contribution in [2.75, 3.05) is 5.32 Å². The topological polar surface area (TPSA) is 84.5 Å². The minimum absolute atomic E-state index is 0.0747. The Morgan fingerprint density at radius 3 is 2.65 bits per heavy atom. The molecule has 7 heteroatoms. The second-order valence-corrected chi connectivity index (χ2v) is 6.98. The van der Waals surface area contributed by atoms with Crippen LogP contribution in [-0.4, -0.2) is 20.4 Å². The number of ether oxygens (including phenoxy) is 1. The molecule has 1 heterocycles. The van der Waals surface area contributed by atoms with Crippen molar-refractivity contribution in [3.63, 3.8) is 0 Å². The molecule has 0 aromatic heterocycles. The summed E-state index contributed by atoms with van der Waals surface area (Å²) < 4.78 is 32.7. The van der Waals surface area contributed by atoms with E-state index >= 15 is 0 Å². The third-order valence-electron chi connectivity index (χ3n) is 3.50. The third kappa shape index (κ3) is 3.35. The summed E-state index contributed by atoms with van der Waals surface area (Å²) in [5.74, 6) is 0.156. The van der Waals surface area contributed by atoms with Crippen LogP contribution in [0.4, 0.5) is 5.69 Å². The van der Waals surface area contributed by atoms with Crippen LogP contribution in [0.15, 0.2) is 53.4 Å². The average molecular weight is 332 g/mol. The molecule has 0 spiro atoms. The van der Waals surface area contributed by atoms with Gasteiger partial charge in [-0.05, 0) is 30.7 Å². The zero-order valence-electron chi connectivity index (χ0n) is 12.4. The van der Waals surface area contributed by atoms with E-state index in [4.69, 9.17) is 4.74 Å². The Balaban J connectivity index is 1.81. The first-order chi connectivity index (χ1) is 11.0. The Morgan fingerprint density at radius 1 is 1.17 bits per heavy atom. The number of amides is 1. The van der Waals surface area contributed by atoms with Gasteiger partial charge in [0.1, 0.15) is 5.75 Å². The molecular weight excluding hydrogens is 316 g/mol. The van der Waals surface area contributed by atoms with Crippen LogP contribution in [-0.2, 0) is 21.4 Å². The lowest BCUT2D eigenvalue weighted by molar-refractivity contribution is -0.122. The highest BCUT2D eigenvalue weighted by atomic mass is 32.2. The molecule has 0 fully saturated rings. The van der Waals surface area contributed by atoms with Crippen molar-refractivity contribution in [1.82, 2.24) is 4.72 Å². The molecule has 3 rings (SSSR count). The Hall–Kier alpha value is -2.38. The molecule has 1 atom stereocenters. The van der Waals surface area contributed by atoms with Crippen LogP contribution in [0.2, 0.25) is 0 Å². The molecule has 0 radical (unpaired) electrons. The molecule has 1 amide bonds. The van der Waals surface area contributed by atoms with Gasteiger partial charge in [0.25, 0.3) is 5.91 Å². The van der Waals surface area contributed by atoms with E-state index in [1.807, 2.05) is 30.3 Å². The fourth-order valence-corrected chi connectivity index (χ4v) is 3.26. The predicted molar refractivity (Wildman–Crippen MR) is 85.6 cm³/mol. The lowest BCUT2D eigenvalue weighted by Gasteiger charge is -2.23. The van der Waals surface area contributed by atoms with E-state index in [0.717, 1.165) is 5.56 Å². The number of hydrogen-bond acceptors (Lipinski definition) is 4. The van der Waals surface area contributed by atoms with Gasteiger partial charge in [-0.1, -0.05) is 30.3 Å². The van der Waals surface area contributed by atoms with Crippen LogP contribution in [0.5, 0.6) is 5.75 Å². The molecule has 0 saturated carbocycles. The summed E-state index contributed by atoms with van der Waals surface area (Å²) in [7, 11) is -3.68. The molecule has 120 valence electrons. The largest absolute Gasteiger partial charge is 0.479 e. The van der Waals surface area contributed by atoms with E-state index < -0.39 is 16.1 Å². The maximum absolute atomic E-state index is 12.4. The number of hydrogen-bond donors (Lipinski definition) is 2. The number of carbonyl (C=O) groups excluding carboxylic acids is 1. The van der Waals surface area contributed by atoms with Crippen molar-refractivity contribution in [2.24, 2.45) is 0 Å². The normalized spacial score (nSPS) is 17.1. The van der Waals surface area contributed by atoms with Gasteiger partial charge in [-0.3, -0.25) is 4.79 Å². The van der Waals surface area contributed by atoms with Gasteiger partial charge in [0.15, 0.2) is 6.10 Å². The van der Waals surface area contributed by atoms with Gasteiger partial charge in [0, 0.05) is 6.54 Å². The van der Waals surface area contributed by atoms with Gasteiger partial charge in [-0.15, -0.1) is 0 Å². The summed E-state index contributed by atoms with van der Waals surface area (Å²) in [5.41, 5.74) is 1.22. The first kappa shape index (κ1) is 15.5. The standard InChI is InChI=1S/C16H16N2O4S/c1-11-16(19)18-14-9-13(7-8-15(14)22-11)23(20,21)17-10-12-5-3-2-4-6-12/h2-9,11,17H,10H2,1H3,(H,18,19)/t11-/m1/s1. The van der Waals surface area contributed by atoms with E-state index in [9.17, 15) is 13.2 Å². The van der Waals surface area contributed by atoms with Crippen molar-refractivity contribution in [1.29, 1.82) is 0 Å². The molecule has 0 saturated heterocycles. The maximum Gasteiger partial charge on any atom is 0.265 e. The molecule has 23 heavy (non-hydrogen) atoms. The van der Waals surface area contributed by atoms with Crippen LogP contribution >= 0.6 is 0 Å². The highest BCUT2D eigenvalue weighted by Gasteiger charge is 2.25. The smallest absolute Gasteiger partial charge is 0.265 e. The summed E-state index contributed by atoms with van der Waals surface area (Å²) in [4.78, 5) is 11.7. The second-order valence-electron chi connectivity index (χ2n) is 5.22. The van der Waals surface area contributed by atoms with Crippen molar-refractivity contribution in [3.8, 4) is 5.75 Å². The number of nitrogens with one attached hydrogen (secondary N) is 2. The van der Waals surface area contributed by atoms with Crippen LogP contribution in [0, 0.1) is 0 Å². The highest BCUT2D eigenvalue weighted by Crippen LogP contribution is 2.31. The molecule has 2 aromatic rings. The molecule has 1 aliphatic rings. The van der Waals surface area contributed by atoms with E-state index in [2.05, 4.69) is 10.0 Å². The van der Waals surface area contributed by atoms with Crippen LogP contribution in [0.1, 0.15) is 12.5 Å². The molecule has 0 aliphatic carbocycles. The summed E-state index contributed by atoms with van der Waals surface area (Å²) in [6.45, 7) is 1.82. The van der Waals surface area contributed by atoms with E-state index in [-0.39, 0.29) is 17.3 Å². The number of carbonyl (C=O) groups is 1. The van der Waals surface area contributed by atoms with Crippen LogP contribution in [0.3, 0.4) is 0 Å². The molecule has 0 bridgehead atoms. The van der Waals surface area contributed by atoms with Gasteiger partial charge in [0.05, 0.1) is 10.6 Å². The van der Waals surface area contributed by atoms with Gasteiger partial charge in [-0.2, -0.15) is 0 Å². The monoisotopic (exact) mass is 332 g/mol. The number of anilines is 1. The lowest BCUT2D eigenvalue weighted by Crippen LogP contribution is -2.34. The Bertz CT molecular complexity index is 834. The van der Waals surface area contributed by atoms with E-state index in [1.54, 1.807) is 13.0 Å². The van der Waals surface area contributed by atoms with E-state index in [1.165, 1.54) is 12.1 Å². The summed E-state index contributed by atoms with van der Waals surface area (Å²) in [6, 6.07) is 13.6.